The standard InChI is InChI=1S/C25H26N2O5S2/c1-14(2)13-32-24(29)21-15(3)26-25-27(22(21)19-7-6-10-33-19)23(28)20(34-25)11-16-8-9-17(30-4)12-18(16)31-5/h6-12,14,22H,13H2,1-5H3/b20-11+/t22-/m0/s1. The fourth-order valence-corrected chi connectivity index (χ4v) is 5.56. The summed E-state index contributed by atoms with van der Waals surface area (Å²) in [6.07, 6.45) is 1.78. The van der Waals surface area contributed by atoms with Crippen LogP contribution in [0.2, 0.25) is 0 Å². The van der Waals surface area contributed by atoms with Gasteiger partial charge in [-0.25, -0.2) is 9.79 Å². The van der Waals surface area contributed by atoms with Crippen LogP contribution in [-0.2, 0) is 9.53 Å². The summed E-state index contributed by atoms with van der Waals surface area (Å²) in [6.45, 7) is 6.05. The van der Waals surface area contributed by atoms with E-state index in [1.54, 1.807) is 37.9 Å². The average Bonchev–Trinajstić information content (AvgIpc) is 3.45. The molecule has 4 rings (SSSR count). The van der Waals surface area contributed by atoms with Gasteiger partial charge in [0.25, 0.3) is 5.56 Å². The Labute approximate surface area is 205 Å². The Morgan fingerprint density at radius 3 is 2.68 bits per heavy atom. The molecule has 34 heavy (non-hydrogen) atoms. The number of esters is 1. The molecule has 7 nitrogen and oxygen atoms in total. The van der Waals surface area contributed by atoms with Gasteiger partial charge in [0.1, 0.15) is 17.5 Å². The fourth-order valence-electron chi connectivity index (χ4n) is 3.70. The Morgan fingerprint density at radius 1 is 1.24 bits per heavy atom. The molecular weight excluding hydrogens is 472 g/mol. The highest BCUT2D eigenvalue weighted by Gasteiger charge is 2.34. The molecule has 0 radical (unpaired) electrons. The lowest BCUT2D eigenvalue weighted by Crippen LogP contribution is -2.39. The zero-order chi connectivity index (χ0) is 24.4. The van der Waals surface area contributed by atoms with Crippen LogP contribution in [0.5, 0.6) is 11.5 Å². The molecule has 1 aromatic carbocycles. The summed E-state index contributed by atoms with van der Waals surface area (Å²) in [5.74, 6) is 1.01. The minimum Gasteiger partial charge on any atom is -0.497 e. The molecule has 1 atom stereocenters. The minimum atomic E-state index is -0.587. The Morgan fingerprint density at radius 2 is 2.03 bits per heavy atom. The van der Waals surface area contributed by atoms with Crippen LogP contribution in [0.4, 0.5) is 0 Å². The highest BCUT2D eigenvalue weighted by Crippen LogP contribution is 2.33. The number of benzene rings is 1. The maximum absolute atomic E-state index is 13.6. The number of nitrogens with zero attached hydrogens (tertiary/aromatic N) is 2. The third-order valence-electron chi connectivity index (χ3n) is 5.33. The van der Waals surface area contributed by atoms with Crippen molar-refractivity contribution in [2.75, 3.05) is 20.8 Å². The fraction of sp³-hybridized carbons (Fsp3) is 0.320. The predicted octanol–water partition coefficient (Wildman–Crippen LogP) is 3.51. The van der Waals surface area contributed by atoms with Gasteiger partial charge in [-0.15, -0.1) is 11.3 Å². The smallest absolute Gasteiger partial charge is 0.338 e. The molecule has 0 fully saturated rings. The van der Waals surface area contributed by atoms with Crippen molar-refractivity contribution in [1.29, 1.82) is 0 Å². The van der Waals surface area contributed by atoms with Gasteiger partial charge in [0.05, 0.1) is 36.6 Å². The Kier molecular flexibility index (Phi) is 7.04. The molecular formula is C25H26N2O5S2. The summed E-state index contributed by atoms with van der Waals surface area (Å²) in [4.78, 5) is 32.8. The van der Waals surface area contributed by atoms with Gasteiger partial charge in [-0.2, -0.15) is 0 Å². The van der Waals surface area contributed by atoms with Crippen LogP contribution in [0.3, 0.4) is 0 Å². The summed E-state index contributed by atoms with van der Waals surface area (Å²) in [7, 11) is 3.16. The number of thiophene rings is 1. The van der Waals surface area contributed by atoms with E-state index in [-0.39, 0.29) is 11.5 Å². The van der Waals surface area contributed by atoms with Crippen LogP contribution < -0.4 is 24.4 Å². The Balaban J connectivity index is 1.87. The second kappa shape index (κ2) is 9.99. The largest absolute Gasteiger partial charge is 0.497 e. The van der Waals surface area contributed by atoms with E-state index in [1.807, 2.05) is 43.5 Å². The number of hydrogen-bond donors (Lipinski definition) is 0. The maximum Gasteiger partial charge on any atom is 0.338 e. The quantitative estimate of drug-likeness (QED) is 0.466. The molecule has 0 aliphatic carbocycles. The molecule has 0 unspecified atom stereocenters. The summed E-state index contributed by atoms with van der Waals surface area (Å²) in [5.41, 5.74) is 1.47. The third kappa shape index (κ3) is 4.58. The first-order valence-electron chi connectivity index (χ1n) is 10.8. The monoisotopic (exact) mass is 498 g/mol. The van der Waals surface area contributed by atoms with Crippen molar-refractivity contribution in [2.45, 2.75) is 26.8 Å². The van der Waals surface area contributed by atoms with Crippen LogP contribution in [0.15, 0.2) is 56.8 Å². The van der Waals surface area contributed by atoms with E-state index in [1.165, 1.54) is 22.7 Å². The molecule has 9 heteroatoms. The number of thiazole rings is 1. The maximum atomic E-state index is 13.6. The number of aromatic nitrogens is 1. The van der Waals surface area contributed by atoms with E-state index in [0.717, 1.165) is 10.4 Å². The van der Waals surface area contributed by atoms with Crippen molar-refractivity contribution in [3.8, 4) is 11.5 Å². The normalized spacial score (nSPS) is 15.8. The molecule has 3 heterocycles. The van der Waals surface area contributed by atoms with Crippen molar-refractivity contribution in [3.63, 3.8) is 0 Å². The van der Waals surface area contributed by atoms with Gasteiger partial charge < -0.3 is 14.2 Å². The Hall–Kier alpha value is -3.17. The molecule has 0 saturated heterocycles. The first-order chi connectivity index (χ1) is 16.3. The number of carbonyl (C=O) groups excluding carboxylic acids is 1. The van der Waals surface area contributed by atoms with Crippen molar-refractivity contribution >= 4 is 34.7 Å². The zero-order valence-electron chi connectivity index (χ0n) is 19.7. The Bertz CT molecular complexity index is 1410. The van der Waals surface area contributed by atoms with E-state index in [0.29, 0.717) is 38.7 Å². The first-order valence-corrected chi connectivity index (χ1v) is 12.5. The summed E-state index contributed by atoms with van der Waals surface area (Å²) in [5, 5.41) is 1.93. The number of allylic oxidation sites excluding steroid dienone is 1. The lowest BCUT2D eigenvalue weighted by Gasteiger charge is -2.23. The van der Waals surface area contributed by atoms with Crippen molar-refractivity contribution in [1.82, 2.24) is 4.57 Å². The number of ether oxygens (including phenoxy) is 3. The molecule has 0 saturated carbocycles. The van der Waals surface area contributed by atoms with Crippen molar-refractivity contribution in [3.05, 3.63) is 77.1 Å². The molecule has 1 aliphatic rings. The molecule has 0 amide bonds. The highest BCUT2D eigenvalue weighted by atomic mass is 32.1. The minimum absolute atomic E-state index is 0.200. The number of hydrogen-bond acceptors (Lipinski definition) is 8. The van der Waals surface area contributed by atoms with Gasteiger partial charge in [0, 0.05) is 16.5 Å². The second-order valence-corrected chi connectivity index (χ2v) is 10.2. The topological polar surface area (TPSA) is 79.1 Å². The van der Waals surface area contributed by atoms with Crippen molar-refractivity contribution in [2.24, 2.45) is 10.9 Å². The van der Waals surface area contributed by atoms with E-state index < -0.39 is 12.0 Å². The number of carbonyl (C=O) groups is 1. The van der Waals surface area contributed by atoms with Gasteiger partial charge >= 0.3 is 5.97 Å². The SMILES string of the molecule is COc1ccc(/C=c2/sc3n(c2=O)[C@@H](c2cccs2)C(C(=O)OCC(C)C)=C(C)N=3)c(OC)c1. The molecule has 1 aliphatic heterocycles. The molecule has 0 N–H and O–H groups in total. The number of rotatable bonds is 7. The lowest BCUT2D eigenvalue weighted by atomic mass is 10.0. The summed E-state index contributed by atoms with van der Waals surface area (Å²) >= 11 is 2.77. The van der Waals surface area contributed by atoms with Crippen LogP contribution in [0.25, 0.3) is 6.08 Å². The van der Waals surface area contributed by atoms with Gasteiger partial charge in [0.15, 0.2) is 4.80 Å². The molecule has 3 aromatic rings. The van der Waals surface area contributed by atoms with Crippen LogP contribution in [0.1, 0.15) is 37.3 Å². The van der Waals surface area contributed by atoms with Gasteiger partial charge in [-0.1, -0.05) is 31.3 Å². The summed E-state index contributed by atoms with van der Waals surface area (Å²) in [6, 6.07) is 8.66. The van der Waals surface area contributed by atoms with E-state index >= 15 is 0 Å². The zero-order valence-corrected chi connectivity index (χ0v) is 21.3. The second-order valence-electron chi connectivity index (χ2n) is 8.20. The molecule has 178 valence electrons. The molecule has 0 bridgehead atoms. The molecule has 0 spiro atoms. The van der Waals surface area contributed by atoms with Crippen LogP contribution in [-0.4, -0.2) is 31.4 Å². The van der Waals surface area contributed by atoms with Crippen LogP contribution >= 0.6 is 22.7 Å². The lowest BCUT2D eigenvalue weighted by molar-refractivity contribution is -0.140. The van der Waals surface area contributed by atoms with Crippen LogP contribution in [0, 0.1) is 5.92 Å². The number of fused-ring (bicyclic) bond motifs is 1. The van der Waals surface area contributed by atoms with E-state index in [4.69, 9.17) is 14.2 Å². The van der Waals surface area contributed by atoms with Gasteiger partial charge in [0.2, 0.25) is 0 Å². The average molecular weight is 499 g/mol. The third-order valence-corrected chi connectivity index (χ3v) is 7.24. The number of methoxy groups -OCH3 is 2. The van der Waals surface area contributed by atoms with Gasteiger partial charge in [-0.3, -0.25) is 9.36 Å². The van der Waals surface area contributed by atoms with E-state index in [9.17, 15) is 9.59 Å². The summed E-state index contributed by atoms with van der Waals surface area (Å²) < 4.78 is 18.4. The highest BCUT2D eigenvalue weighted by molar-refractivity contribution is 7.10. The van der Waals surface area contributed by atoms with E-state index in [2.05, 4.69) is 4.99 Å². The molecule has 2 aromatic heterocycles. The predicted molar refractivity (Wildman–Crippen MR) is 133 cm³/mol. The first kappa shape index (κ1) is 24.0. The van der Waals surface area contributed by atoms with Crippen molar-refractivity contribution < 1.29 is 19.0 Å². The van der Waals surface area contributed by atoms with Gasteiger partial charge in [-0.05, 0) is 42.5 Å².